The molecular formula is C17H18BF4N3O2S. The summed E-state index contributed by atoms with van der Waals surface area (Å²) in [4.78, 5) is 4.82. The average molecular weight is 415 g/mol. The van der Waals surface area contributed by atoms with Crippen LogP contribution in [0.5, 0.6) is 11.5 Å². The van der Waals surface area contributed by atoms with Crippen molar-refractivity contribution < 1.29 is 31.3 Å². The minimum absolute atomic E-state index is 0.846. The molecule has 1 aliphatic heterocycles. The van der Waals surface area contributed by atoms with Crippen molar-refractivity contribution in [3.05, 3.63) is 41.2 Å². The summed E-state index contributed by atoms with van der Waals surface area (Å²) in [6, 6.07) is 5.99. The highest BCUT2D eigenvalue weighted by atomic mass is 32.2. The van der Waals surface area contributed by atoms with Crippen LogP contribution < -0.4 is 14.0 Å². The Bertz CT molecular complexity index is 1030. The Labute approximate surface area is 163 Å². The van der Waals surface area contributed by atoms with Gasteiger partial charge in [0.1, 0.15) is 17.2 Å². The zero-order valence-electron chi connectivity index (χ0n) is 15.7. The van der Waals surface area contributed by atoms with Crippen LogP contribution in [0.25, 0.3) is 17.0 Å². The summed E-state index contributed by atoms with van der Waals surface area (Å²) in [5, 5.41) is 0. The van der Waals surface area contributed by atoms with E-state index in [9.17, 15) is 17.3 Å². The van der Waals surface area contributed by atoms with E-state index in [1.54, 1.807) is 26.2 Å². The summed E-state index contributed by atoms with van der Waals surface area (Å²) in [7, 11) is -2.59. The number of imidazole rings is 1. The van der Waals surface area contributed by atoms with Gasteiger partial charge in [0.05, 0.1) is 26.2 Å². The molecule has 0 amide bonds. The Hall–Kier alpha value is -2.43. The standard InChI is InChI=1S/C17H18N3O2S.BF4/c1-10-8-19-15(11(2)16(10)22-4)9-23-20-14-7-12(21-3)5-6-13(14)18-17(19)20;2-1(3,4)5/h5-8H,9H2,1-4H3;/q+1;-1. The normalized spacial score (nSPS) is 12.7. The molecule has 0 unspecified atom stereocenters. The topological polar surface area (TPSA) is 40.2 Å². The van der Waals surface area contributed by atoms with E-state index in [1.165, 1.54) is 11.3 Å². The summed E-state index contributed by atoms with van der Waals surface area (Å²) < 4.78 is 54.3. The van der Waals surface area contributed by atoms with Gasteiger partial charge in [-0.3, -0.25) is 0 Å². The van der Waals surface area contributed by atoms with E-state index in [4.69, 9.17) is 14.5 Å². The number of ether oxygens (including phenoxy) is 2. The molecule has 0 saturated carbocycles. The summed E-state index contributed by atoms with van der Waals surface area (Å²) in [6.45, 7) is 4.18. The molecule has 0 aliphatic carbocycles. The first-order valence-corrected chi connectivity index (χ1v) is 9.24. The fourth-order valence-corrected chi connectivity index (χ4v) is 4.30. The van der Waals surface area contributed by atoms with Crippen molar-refractivity contribution in [1.82, 2.24) is 8.96 Å². The maximum Gasteiger partial charge on any atom is 0.673 e. The van der Waals surface area contributed by atoms with E-state index in [2.05, 4.69) is 28.6 Å². The number of rotatable bonds is 2. The number of hydrogen-bond donors (Lipinski definition) is 0. The Morgan fingerprint density at radius 1 is 1.14 bits per heavy atom. The number of nitrogens with zero attached hydrogens (tertiary/aromatic N) is 3. The molecule has 0 bridgehead atoms. The predicted molar refractivity (Wildman–Crippen MR) is 101 cm³/mol. The quantitative estimate of drug-likeness (QED) is 0.357. The number of hydrogen-bond acceptors (Lipinski definition) is 4. The van der Waals surface area contributed by atoms with Crippen molar-refractivity contribution in [2.24, 2.45) is 0 Å². The molecule has 11 heteroatoms. The van der Waals surface area contributed by atoms with Crippen LogP contribution in [0.2, 0.25) is 0 Å². The third-order valence-electron chi connectivity index (χ3n) is 4.30. The van der Waals surface area contributed by atoms with Gasteiger partial charge in [-0.05, 0) is 26.0 Å². The number of pyridine rings is 1. The van der Waals surface area contributed by atoms with Gasteiger partial charge < -0.3 is 26.7 Å². The van der Waals surface area contributed by atoms with Crippen LogP contribution >= 0.6 is 11.9 Å². The first-order chi connectivity index (χ1) is 13.1. The molecule has 3 aromatic rings. The lowest BCUT2D eigenvalue weighted by atomic mass is 10.1. The van der Waals surface area contributed by atoms with Gasteiger partial charge in [-0.2, -0.15) is 3.97 Å². The van der Waals surface area contributed by atoms with Crippen LogP contribution in [0, 0.1) is 13.8 Å². The zero-order chi connectivity index (χ0) is 20.6. The van der Waals surface area contributed by atoms with Crippen LogP contribution in [-0.2, 0) is 5.75 Å². The third-order valence-corrected chi connectivity index (χ3v) is 5.32. The summed E-state index contributed by atoms with van der Waals surface area (Å²) in [6.07, 6.45) is 2.11. The molecule has 1 aromatic carbocycles. The number of halogens is 4. The number of methoxy groups -OCH3 is 2. The van der Waals surface area contributed by atoms with Crippen molar-refractivity contribution >= 4 is 30.2 Å². The summed E-state index contributed by atoms with van der Waals surface area (Å²) in [5.74, 6) is 3.60. The molecule has 0 radical (unpaired) electrons. The lowest BCUT2D eigenvalue weighted by Gasteiger charge is -2.18. The molecule has 0 fully saturated rings. The Kier molecular flexibility index (Phi) is 5.47. The van der Waals surface area contributed by atoms with Gasteiger partial charge in [-0.25, -0.2) is 4.57 Å². The molecule has 5 nitrogen and oxygen atoms in total. The highest BCUT2D eigenvalue weighted by Crippen LogP contribution is 2.33. The largest absolute Gasteiger partial charge is 0.673 e. The van der Waals surface area contributed by atoms with Gasteiger partial charge in [0.25, 0.3) is 0 Å². The van der Waals surface area contributed by atoms with E-state index in [0.717, 1.165) is 39.8 Å². The molecule has 0 atom stereocenters. The first kappa shape index (κ1) is 20.3. The van der Waals surface area contributed by atoms with E-state index in [0.29, 0.717) is 0 Å². The van der Waals surface area contributed by atoms with Crippen molar-refractivity contribution in [3.63, 3.8) is 0 Å². The lowest BCUT2D eigenvalue weighted by molar-refractivity contribution is -0.613. The fraction of sp³-hybridized carbons (Fsp3) is 0.294. The SMILES string of the molecule is COc1ccc2nc3n(c2c1)SCc1c(C)c(OC)c(C)c[n+]1-3.F[B-](F)(F)F. The van der Waals surface area contributed by atoms with Crippen LogP contribution in [0.4, 0.5) is 17.3 Å². The Morgan fingerprint density at radius 2 is 1.82 bits per heavy atom. The summed E-state index contributed by atoms with van der Waals surface area (Å²) in [5.41, 5.74) is 5.56. The molecule has 28 heavy (non-hydrogen) atoms. The van der Waals surface area contributed by atoms with Crippen LogP contribution in [-0.4, -0.2) is 30.4 Å². The van der Waals surface area contributed by atoms with Crippen LogP contribution in [0.1, 0.15) is 16.8 Å². The van der Waals surface area contributed by atoms with Gasteiger partial charge in [0, 0.05) is 29.1 Å². The van der Waals surface area contributed by atoms with E-state index in [-0.39, 0.29) is 0 Å². The number of aromatic nitrogens is 3. The number of aryl methyl sites for hydroxylation is 1. The van der Waals surface area contributed by atoms with E-state index >= 15 is 0 Å². The summed E-state index contributed by atoms with van der Waals surface area (Å²) >= 11 is 1.75. The molecule has 0 saturated heterocycles. The smallest absolute Gasteiger partial charge is 0.497 e. The van der Waals surface area contributed by atoms with Crippen LogP contribution in [0.3, 0.4) is 0 Å². The fourth-order valence-electron chi connectivity index (χ4n) is 3.16. The van der Waals surface area contributed by atoms with Gasteiger partial charge >= 0.3 is 13.2 Å². The average Bonchev–Trinajstić information content (AvgIpc) is 2.99. The predicted octanol–water partition coefficient (Wildman–Crippen LogP) is 4.26. The number of fused-ring (bicyclic) bond motifs is 5. The van der Waals surface area contributed by atoms with Gasteiger partial charge in [-0.15, -0.1) is 0 Å². The molecule has 0 spiro atoms. The minimum Gasteiger partial charge on any atom is -0.497 e. The van der Waals surface area contributed by atoms with Gasteiger partial charge in [0.2, 0.25) is 0 Å². The van der Waals surface area contributed by atoms with Crippen molar-refractivity contribution in [2.75, 3.05) is 14.2 Å². The van der Waals surface area contributed by atoms with Gasteiger partial charge in [0.15, 0.2) is 11.0 Å². The second-order valence-electron chi connectivity index (χ2n) is 6.12. The highest BCUT2D eigenvalue weighted by Gasteiger charge is 2.31. The van der Waals surface area contributed by atoms with Crippen LogP contribution in [0.15, 0.2) is 24.4 Å². The van der Waals surface area contributed by atoms with E-state index < -0.39 is 7.25 Å². The molecular weight excluding hydrogens is 397 g/mol. The number of benzene rings is 1. The second kappa shape index (κ2) is 7.54. The zero-order valence-corrected chi connectivity index (χ0v) is 16.5. The second-order valence-corrected chi connectivity index (χ2v) is 7.03. The minimum atomic E-state index is -6.00. The molecule has 4 rings (SSSR count). The third kappa shape index (κ3) is 3.89. The Morgan fingerprint density at radius 3 is 2.43 bits per heavy atom. The maximum absolute atomic E-state index is 9.75. The first-order valence-electron chi connectivity index (χ1n) is 8.30. The molecule has 150 valence electrons. The monoisotopic (exact) mass is 415 g/mol. The Balaban J connectivity index is 0.000000403. The van der Waals surface area contributed by atoms with Gasteiger partial charge in [-0.1, -0.05) is 4.98 Å². The van der Waals surface area contributed by atoms with E-state index in [1.807, 2.05) is 18.2 Å². The lowest BCUT2D eigenvalue weighted by Crippen LogP contribution is -2.42. The maximum atomic E-state index is 9.75. The van der Waals surface area contributed by atoms with Crippen molar-refractivity contribution in [3.8, 4) is 17.4 Å². The molecule has 0 N–H and O–H groups in total. The highest BCUT2D eigenvalue weighted by molar-refractivity contribution is 7.97. The molecule has 2 aromatic heterocycles. The molecule has 3 heterocycles. The van der Waals surface area contributed by atoms with Crippen molar-refractivity contribution in [2.45, 2.75) is 19.6 Å². The van der Waals surface area contributed by atoms with Crippen molar-refractivity contribution in [1.29, 1.82) is 0 Å². The molecule has 1 aliphatic rings.